The van der Waals surface area contributed by atoms with Crippen molar-refractivity contribution in [3.8, 4) is 0 Å². The summed E-state index contributed by atoms with van der Waals surface area (Å²) in [6, 6.07) is 5.07. The van der Waals surface area contributed by atoms with Gasteiger partial charge in [-0.05, 0) is 44.1 Å². The zero-order valence-corrected chi connectivity index (χ0v) is 13.0. The molecule has 20 heavy (non-hydrogen) atoms. The lowest BCUT2D eigenvalue weighted by Gasteiger charge is -2.19. The number of carbonyl (C=O) groups excluding carboxylic acids is 1. The first-order valence-corrected chi connectivity index (χ1v) is 7.88. The third-order valence-corrected chi connectivity index (χ3v) is 4.12. The topological polar surface area (TPSA) is 32.3 Å². The molecule has 2 rings (SSSR count). The number of carbonyl (C=O) groups is 1. The van der Waals surface area contributed by atoms with Crippen LogP contribution in [0.15, 0.2) is 18.2 Å². The van der Waals surface area contributed by atoms with E-state index in [1.54, 1.807) is 18.2 Å². The fourth-order valence-electron chi connectivity index (χ4n) is 2.43. The number of likely N-dealkylation sites (tertiary alicyclic amines) is 1. The van der Waals surface area contributed by atoms with Crippen LogP contribution < -0.4 is 5.32 Å². The Morgan fingerprint density at radius 1 is 1.15 bits per heavy atom. The van der Waals surface area contributed by atoms with E-state index in [0.29, 0.717) is 22.2 Å². The quantitative estimate of drug-likeness (QED) is 0.903. The van der Waals surface area contributed by atoms with Crippen molar-refractivity contribution in [2.24, 2.45) is 0 Å². The van der Waals surface area contributed by atoms with Gasteiger partial charge < -0.3 is 10.2 Å². The SMILES string of the molecule is O=C(CCN1CCCCCC1)Nc1cc(Cl)ccc1Cl. The largest absolute Gasteiger partial charge is 0.325 e. The van der Waals surface area contributed by atoms with E-state index < -0.39 is 0 Å². The van der Waals surface area contributed by atoms with Crippen molar-refractivity contribution in [2.45, 2.75) is 32.1 Å². The molecular formula is C15H20Cl2N2O. The Balaban J connectivity index is 1.81. The zero-order chi connectivity index (χ0) is 14.4. The van der Waals surface area contributed by atoms with Gasteiger partial charge in [-0.15, -0.1) is 0 Å². The Bertz CT molecular complexity index is 457. The molecule has 1 aromatic carbocycles. The van der Waals surface area contributed by atoms with E-state index >= 15 is 0 Å². The summed E-state index contributed by atoms with van der Waals surface area (Å²) in [7, 11) is 0. The molecule has 1 heterocycles. The highest BCUT2D eigenvalue weighted by atomic mass is 35.5. The predicted octanol–water partition coefficient (Wildman–Crippen LogP) is 4.20. The first-order valence-electron chi connectivity index (χ1n) is 7.12. The number of hydrogen-bond acceptors (Lipinski definition) is 2. The van der Waals surface area contributed by atoms with Crippen molar-refractivity contribution >= 4 is 34.8 Å². The van der Waals surface area contributed by atoms with E-state index in [0.717, 1.165) is 19.6 Å². The van der Waals surface area contributed by atoms with Crippen LogP contribution in [-0.4, -0.2) is 30.4 Å². The first-order chi connectivity index (χ1) is 9.65. The van der Waals surface area contributed by atoms with Gasteiger partial charge in [-0.3, -0.25) is 4.79 Å². The highest BCUT2D eigenvalue weighted by Crippen LogP contribution is 2.25. The number of rotatable bonds is 4. The Morgan fingerprint density at radius 3 is 2.55 bits per heavy atom. The molecule has 1 amide bonds. The van der Waals surface area contributed by atoms with Gasteiger partial charge >= 0.3 is 0 Å². The molecule has 0 aliphatic carbocycles. The summed E-state index contributed by atoms with van der Waals surface area (Å²) in [5, 5.41) is 3.90. The normalized spacial score (nSPS) is 16.7. The number of amides is 1. The predicted molar refractivity (Wildman–Crippen MR) is 84.6 cm³/mol. The molecule has 110 valence electrons. The molecule has 0 unspecified atom stereocenters. The van der Waals surface area contributed by atoms with Crippen molar-refractivity contribution in [3.63, 3.8) is 0 Å². The van der Waals surface area contributed by atoms with E-state index in [1.807, 2.05) is 0 Å². The number of hydrogen-bond donors (Lipinski definition) is 1. The summed E-state index contributed by atoms with van der Waals surface area (Å²) < 4.78 is 0. The van der Waals surface area contributed by atoms with Gasteiger partial charge in [0.1, 0.15) is 0 Å². The molecule has 1 saturated heterocycles. The zero-order valence-electron chi connectivity index (χ0n) is 11.5. The number of nitrogens with one attached hydrogen (secondary N) is 1. The minimum Gasteiger partial charge on any atom is -0.325 e. The standard InChI is InChI=1S/C15H20Cl2N2O/c16-12-5-6-13(17)14(11-12)18-15(20)7-10-19-8-3-1-2-4-9-19/h5-6,11H,1-4,7-10H2,(H,18,20). The van der Waals surface area contributed by atoms with E-state index in [-0.39, 0.29) is 5.91 Å². The molecule has 1 aliphatic heterocycles. The Kier molecular flexibility index (Phi) is 6.14. The van der Waals surface area contributed by atoms with Crippen LogP contribution in [-0.2, 0) is 4.79 Å². The molecular weight excluding hydrogens is 295 g/mol. The molecule has 0 aromatic heterocycles. The number of halogens is 2. The van der Waals surface area contributed by atoms with Crippen LogP contribution in [0.3, 0.4) is 0 Å². The number of nitrogens with zero attached hydrogens (tertiary/aromatic N) is 1. The maximum absolute atomic E-state index is 12.0. The van der Waals surface area contributed by atoms with Crippen LogP contribution in [0.4, 0.5) is 5.69 Å². The molecule has 1 fully saturated rings. The molecule has 0 atom stereocenters. The van der Waals surface area contributed by atoms with Crippen LogP contribution >= 0.6 is 23.2 Å². The van der Waals surface area contributed by atoms with E-state index in [2.05, 4.69) is 10.2 Å². The summed E-state index contributed by atoms with van der Waals surface area (Å²) in [5.41, 5.74) is 0.583. The summed E-state index contributed by atoms with van der Waals surface area (Å²) in [4.78, 5) is 14.3. The Hall–Kier alpha value is -0.770. The van der Waals surface area contributed by atoms with Crippen molar-refractivity contribution in [1.29, 1.82) is 0 Å². The lowest BCUT2D eigenvalue weighted by atomic mass is 10.2. The molecule has 1 aliphatic rings. The summed E-state index contributed by atoms with van der Waals surface area (Å²) in [5.74, 6) is -0.0154. The van der Waals surface area contributed by atoms with Crippen LogP contribution in [0, 0.1) is 0 Å². The second-order valence-electron chi connectivity index (χ2n) is 5.18. The number of benzene rings is 1. The smallest absolute Gasteiger partial charge is 0.225 e. The fourth-order valence-corrected chi connectivity index (χ4v) is 2.76. The van der Waals surface area contributed by atoms with Crippen molar-refractivity contribution in [2.75, 3.05) is 25.0 Å². The van der Waals surface area contributed by atoms with Gasteiger partial charge in [0.05, 0.1) is 10.7 Å². The van der Waals surface area contributed by atoms with Crippen LogP contribution in [0.1, 0.15) is 32.1 Å². The van der Waals surface area contributed by atoms with Gasteiger partial charge in [-0.2, -0.15) is 0 Å². The highest BCUT2D eigenvalue weighted by Gasteiger charge is 2.12. The minimum absolute atomic E-state index is 0.0154. The second-order valence-corrected chi connectivity index (χ2v) is 6.02. The molecule has 3 nitrogen and oxygen atoms in total. The maximum atomic E-state index is 12.0. The first kappa shape index (κ1) is 15.6. The van der Waals surface area contributed by atoms with Crippen molar-refractivity contribution < 1.29 is 4.79 Å². The summed E-state index contributed by atoms with van der Waals surface area (Å²) in [6.07, 6.45) is 5.58. The summed E-state index contributed by atoms with van der Waals surface area (Å²) in [6.45, 7) is 3.01. The average molecular weight is 315 g/mol. The number of anilines is 1. The Labute approximate surface area is 130 Å². The molecule has 1 N–H and O–H groups in total. The second kappa shape index (κ2) is 7.87. The molecule has 0 spiro atoms. The molecule has 1 aromatic rings. The minimum atomic E-state index is -0.0154. The van der Waals surface area contributed by atoms with Gasteiger partial charge in [-0.1, -0.05) is 36.0 Å². The van der Waals surface area contributed by atoms with Crippen LogP contribution in [0.25, 0.3) is 0 Å². The fraction of sp³-hybridized carbons (Fsp3) is 0.533. The lowest BCUT2D eigenvalue weighted by Crippen LogP contribution is -2.28. The van der Waals surface area contributed by atoms with Gasteiger partial charge in [0.15, 0.2) is 0 Å². The molecule has 0 radical (unpaired) electrons. The van der Waals surface area contributed by atoms with E-state index in [1.165, 1.54) is 25.7 Å². The third-order valence-electron chi connectivity index (χ3n) is 3.56. The van der Waals surface area contributed by atoms with Gasteiger partial charge in [0.2, 0.25) is 5.91 Å². The summed E-state index contributed by atoms with van der Waals surface area (Å²) >= 11 is 11.9. The molecule has 0 saturated carbocycles. The van der Waals surface area contributed by atoms with Crippen molar-refractivity contribution in [3.05, 3.63) is 28.2 Å². The monoisotopic (exact) mass is 314 g/mol. The van der Waals surface area contributed by atoms with Gasteiger partial charge in [0, 0.05) is 18.0 Å². The maximum Gasteiger partial charge on any atom is 0.225 e. The molecule has 5 heteroatoms. The van der Waals surface area contributed by atoms with Gasteiger partial charge in [-0.25, -0.2) is 0 Å². The van der Waals surface area contributed by atoms with E-state index in [4.69, 9.17) is 23.2 Å². The average Bonchev–Trinajstić information content (AvgIpc) is 2.69. The lowest BCUT2D eigenvalue weighted by molar-refractivity contribution is -0.116. The van der Waals surface area contributed by atoms with Crippen LogP contribution in [0.2, 0.25) is 10.0 Å². The Morgan fingerprint density at radius 2 is 1.85 bits per heavy atom. The van der Waals surface area contributed by atoms with Crippen LogP contribution in [0.5, 0.6) is 0 Å². The highest BCUT2D eigenvalue weighted by molar-refractivity contribution is 6.35. The third kappa shape index (κ3) is 4.97. The van der Waals surface area contributed by atoms with E-state index in [9.17, 15) is 4.79 Å². The van der Waals surface area contributed by atoms with Gasteiger partial charge in [0.25, 0.3) is 0 Å². The van der Waals surface area contributed by atoms with Crippen molar-refractivity contribution in [1.82, 2.24) is 4.90 Å². The molecule has 0 bridgehead atoms.